The Morgan fingerprint density at radius 3 is 2.67 bits per heavy atom. The molecule has 1 aliphatic rings. The van der Waals surface area contributed by atoms with Gasteiger partial charge in [-0.2, -0.15) is 0 Å². The molecule has 92 valence electrons. The fourth-order valence-corrected chi connectivity index (χ4v) is 2.29. The minimum atomic E-state index is -0.287. The maximum Gasteiger partial charge on any atom is 0.229 e. The van der Waals surface area contributed by atoms with E-state index in [4.69, 9.17) is 0 Å². The van der Waals surface area contributed by atoms with E-state index in [1.165, 1.54) is 23.5 Å². The number of rotatable bonds is 3. The number of carbonyl (C=O) groups excluding carboxylic acids is 1. The largest absolute Gasteiger partial charge is 0.300 e. The molecule has 18 heavy (non-hydrogen) atoms. The Morgan fingerprint density at radius 2 is 2.00 bits per heavy atom. The lowest BCUT2D eigenvalue weighted by molar-refractivity contribution is -0.117. The minimum absolute atomic E-state index is 0.0109. The summed E-state index contributed by atoms with van der Waals surface area (Å²) in [5.74, 6) is -0.134. The first-order valence-electron chi connectivity index (χ1n) is 5.63. The van der Waals surface area contributed by atoms with Gasteiger partial charge in [0.15, 0.2) is 0 Å². The number of nitrogens with one attached hydrogen (secondary N) is 1. The number of hydrogen-bond donors (Lipinski definition) is 1. The third kappa shape index (κ3) is 2.38. The lowest BCUT2D eigenvalue weighted by atomic mass is 10.2. The molecule has 2 aromatic rings. The highest BCUT2D eigenvalue weighted by atomic mass is 32.1. The average molecular weight is 263 g/mol. The van der Waals surface area contributed by atoms with Crippen LogP contribution in [0.2, 0.25) is 0 Å². The van der Waals surface area contributed by atoms with Crippen molar-refractivity contribution in [2.75, 3.05) is 5.32 Å². The zero-order chi connectivity index (χ0) is 12.5. The SMILES string of the molecule is O=C(Nc1nnc(-c2ccc(F)cc2)s1)C1CC1. The Bertz CT molecular complexity index is 577. The van der Waals surface area contributed by atoms with E-state index >= 15 is 0 Å². The van der Waals surface area contributed by atoms with Crippen LogP contribution in [0, 0.1) is 11.7 Å². The monoisotopic (exact) mass is 263 g/mol. The number of halogens is 1. The highest BCUT2D eigenvalue weighted by Crippen LogP contribution is 2.32. The van der Waals surface area contributed by atoms with Crippen molar-refractivity contribution in [3.8, 4) is 10.6 Å². The quantitative estimate of drug-likeness (QED) is 0.926. The molecule has 1 aromatic heterocycles. The summed E-state index contributed by atoms with van der Waals surface area (Å²) in [6.45, 7) is 0. The van der Waals surface area contributed by atoms with Gasteiger partial charge in [-0.3, -0.25) is 4.79 Å². The molecular weight excluding hydrogens is 253 g/mol. The molecule has 0 radical (unpaired) electrons. The van der Waals surface area contributed by atoms with E-state index in [9.17, 15) is 9.18 Å². The Morgan fingerprint density at radius 1 is 1.28 bits per heavy atom. The molecule has 1 fully saturated rings. The van der Waals surface area contributed by atoms with Crippen molar-refractivity contribution in [1.29, 1.82) is 0 Å². The zero-order valence-electron chi connectivity index (χ0n) is 9.39. The van der Waals surface area contributed by atoms with Crippen LogP contribution in [-0.2, 0) is 4.79 Å². The van der Waals surface area contributed by atoms with E-state index < -0.39 is 0 Å². The summed E-state index contributed by atoms with van der Waals surface area (Å²) in [5, 5.41) is 11.8. The van der Waals surface area contributed by atoms with Crippen LogP contribution in [0.3, 0.4) is 0 Å². The molecule has 1 N–H and O–H groups in total. The van der Waals surface area contributed by atoms with Crippen molar-refractivity contribution in [1.82, 2.24) is 10.2 Å². The predicted octanol–water partition coefficient (Wildman–Crippen LogP) is 2.69. The molecule has 1 aromatic carbocycles. The molecule has 1 saturated carbocycles. The van der Waals surface area contributed by atoms with Crippen LogP contribution in [0.5, 0.6) is 0 Å². The van der Waals surface area contributed by atoms with Gasteiger partial charge in [0, 0.05) is 11.5 Å². The average Bonchev–Trinajstić information content (AvgIpc) is 3.12. The summed E-state index contributed by atoms with van der Waals surface area (Å²) in [6, 6.07) is 6.03. The van der Waals surface area contributed by atoms with Crippen LogP contribution in [0.1, 0.15) is 12.8 Å². The van der Waals surface area contributed by atoms with Crippen LogP contribution >= 0.6 is 11.3 Å². The molecule has 6 heteroatoms. The Labute approximate surface area is 107 Å². The molecule has 1 aliphatic carbocycles. The number of nitrogens with zero attached hydrogens (tertiary/aromatic N) is 2. The third-order valence-corrected chi connectivity index (χ3v) is 3.58. The smallest absolute Gasteiger partial charge is 0.229 e. The van der Waals surface area contributed by atoms with Gasteiger partial charge in [-0.25, -0.2) is 4.39 Å². The second-order valence-electron chi connectivity index (χ2n) is 4.18. The van der Waals surface area contributed by atoms with Gasteiger partial charge < -0.3 is 5.32 Å². The third-order valence-electron chi connectivity index (χ3n) is 2.69. The van der Waals surface area contributed by atoms with Crippen molar-refractivity contribution in [3.63, 3.8) is 0 Å². The van der Waals surface area contributed by atoms with Gasteiger partial charge in [-0.15, -0.1) is 10.2 Å². The Hall–Kier alpha value is -1.82. The fraction of sp³-hybridized carbons (Fsp3) is 0.250. The van der Waals surface area contributed by atoms with Crippen molar-refractivity contribution >= 4 is 22.4 Å². The van der Waals surface area contributed by atoms with Crippen molar-refractivity contribution in [2.24, 2.45) is 5.92 Å². The van der Waals surface area contributed by atoms with Crippen molar-refractivity contribution in [3.05, 3.63) is 30.1 Å². The van der Waals surface area contributed by atoms with Gasteiger partial charge in [0.1, 0.15) is 10.8 Å². The van der Waals surface area contributed by atoms with Crippen LogP contribution in [0.25, 0.3) is 10.6 Å². The van der Waals surface area contributed by atoms with Gasteiger partial charge in [-0.1, -0.05) is 11.3 Å². The first kappa shape index (κ1) is 11.3. The molecule has 0 aliphatic heterocycles. The van der Waals surface area contributed by atoms with Gasteiger partial charge >= 0.3 is 0 Å². The Kier molecular flexibility index (Phi) is 2.79. The fourth-order valence-electron chi connectivity index (χ4n) is 1.54. The van der Waals surface area contributed by atoms with Crippen LogP contribution < -0.4 is 5.32 Å². The molecule has 0 saturated heterocycles. The van der Waals surface area contributed by atoms with Crippen LogP contribution in [0.15, 0.2) is 24.3 Å². The molecule has 0 unspecified atom stereocenters. The molecule has 0 bridgehead atoms. The van der Waals surface area contributed by atoms with Gasteiger partial charge in [0.25, 0.3) is 0 Å². The second kappa shape index (κ2) is 4.45. The topological polar surface area (TPSA) is 54.9 Å². The summed E-state index contributed by atoms with van der Waals surface area (Å²) in [5.41, 5.74) is 0.792. The standard InChI is InChI=1S/C12H10FN3OS/c13-9-5-3-8(4-6-9)11-15-16-12(18-11)14-10(17)7-1-2-7/h3-7H,1-2H2,(H,14,16,17). The molecule has 0 atom stereocenters. The maximum absolute atomic E-state index is 12.8. The maximum atomic E-state index is 12.8. The molecule has 0 spiro atoms. The van der Waals surface area contributed by atoms with E-state index in [0.717, 1.165) is 18.4 Å². The van der Waals surface area contributed by atoms with E-state index in [2.05, 4.69) is 15.5 Å². The normalized spacial score (nSPS) is 14.5. The van der Waals surface area contributed by atoms with Crippen molar-refractivity contribution < 1.29 is 9.18 Å². The van der Waals surface area contributed by atoms with E-state index in [0.29, 0.717) is 10.1 Å². The summed E-state index contributed by atoms with van der Waals surface area (Å²) >= 11 is 1.29. The van der Waals surface area contributed by atoms with Crippen LogP contribution in [-0.4, -0.2) is 16.1 Å². The van der Waals surface area contributed by atoms with E-state index in [1.807, 2.05) is 0 Å². The number of benzene rings is 1. The molecular formula is C12H10FN3OS. The Balaban J connectivity index is 1.76. The molecule has 1 amide bonds. The summed E-state index contributed by atoms with van der Waals surface area (Å²) in [7, 11) is 0. The lowest BCUT2D eigenvalue weighted by Crippen LogP contribution is -2.12. The van der Waals surface area contributed by atoms with Crippen LogP contribution in [0.4, 0.5) is 9.52 Å². The van der Waals surface area contributed by atoms with E-state index in [1.54, 1.807) is 12.1 Å². The number of hydrogen-bond acceptors (Lipinski definition) is 4. The first-order chi connectivity index (χ1) is 8.72. The second-order valence-corrected chi connectivity index (χ2v) is 5.16. The van der Waals surface area contributed by atoms with Crippen molar-refractivity contribution in [2.45, 2.75) is 12.8 Å². The van der Waals surface area contributed by atoms with Gasteiger partial charge in [-0.05, 0) is 37.1 Å². The van der Waals surface area contributed by atoms with E-state index in [-0.39, 0.29) is 17.6 Å². The zero-order valence-corrected chi connectivity index (χ0v) is 10.2. The molecule has 3 rings (SSSR count). The lowest BCUT2D eigenvalue weighted by Gasteiger charge is -1.96. The highest BCUT2D eigenvalue weighted by Gasteiger charge is 2.30. The number of aromatic nitrogens is 2. The summed E-state index contributed by atoms with van der Waals surface area (Å²) in [4.78, 5) is 11.5. The molecule has 4 nitrogen and oxygen atoms in total. The first-order valence-corrected chi connectivity index (χ1v) is 6.44. The highest BCUT2D eigenvalue weighted by molar-refractivity contribution is 7.18. The van der Waals surface area contributed by atoms with Gasteiger partial charge in [0.05, 0.1) is 0 Å². The molecule has 1 heterocycles. The minimum Gasteiger partial charge on any atom is -0.300 e. The summed E-state index contributed by atoms with van der Waals surface area (Å²) in [6.07, 6.45) is 1.91. The predicted molar refractivity (Wildman–Crippen MR) is 66.7 cm³/mol. The summed E-state index contributed by atoms with van der Waals surface area (Å²) < 4.78 is 12.8. The number of carbonyl (C=O) groups is 1. The number of amides is 1. The van der Waals surface area contributed by atoms with Gasteiger partial charge in [0.2, 0.25) is 11.0 Å². The number of anilines is 1.